The summed E-state index contributed by atoms with van der Waals surface area (Å²) in [6, 6.07) is 9.22. The van der Waals surface area contributed by atoms with Crippen molar-refractivity contribution in [1.82, 2.24) is 9.97 Å². The molecule has 0 saturated carbocycles. The molecule has 0 radical (unpaired) electrons. The van der Waals surface area contributed by atoms with E-state index in [-0.39, 0.29) is 0 Å². The summed E-state index contributed by atoms with van der Waals surface area (Å²) >= 11 is 0. The minimum Gasteiger partial charge on any atom is -0.459 e. The van der Waals surface area contributed by atoms with E-state index in [0.717, 1.165) is 5.52 Å². The summed E-state index contributed by atoms with van der Waals surface area (Å²) in [6.07, 6.45) is 1.44. The zero-order chi connectivity index (χ0) is 14.8. The largest absolute Gasteiger partial charge is 0.459 e. The topological polar surface area (TPSA) is 75.9 Å². The second kappa shape index (κ2) is 5.25. The van der Waals surface area contributed by atoms with Gasteiger partial charge in [-0.25, -0.2) is 4.98 Å². The molecule has 5 heteroatoms. The van der Waals surface area contributed by atoms with Crippen LogP contribution in [0.3, 0.4) is 0 Å². The molecule has 0 aliphatic heterocycles. The molecule has 0 amide bonds. The molecular formula is C15H15N3O2. The van der Waals surface area contributed by atoms with Gasteiger partial charge in [0.05, 0.1) is 29.0 Å². The third-order valence-corrected chi connectivity index (χ3v) is 2.53. The van der Waals surface area contributed by atoms with Gasteiger partial charge in [-0.15, -0.1) is 0 Å². The van der Waals surface area contributed by atoms with Crippen LogP contribution in [-0.2, 0) is 9.53 Å². The number of ether oxygens (including phenoxy) is 1. The van der Waals surface area contributed by atoms with E-state index in [2.05, 4.69) is 9.97 Å². The number of aromatic nitrogens is 2. The number of hydrogen-bond donors (Lipinski definition) is 0. The molecule has 0 bridgehead atoms. The molecule has 1 atom stereocenters. The first-order valence-corrected chi connectivity index (χ1v) is 6.25. The van der Waals surface area contributed by atoms with Crippen molar-refractivity contribution in [1.29, 1.82) is 5.26 Å². The van der Waals surface area contributed by atoms with E-state index >= 15 is 0 Å². The van der Waals surface area contributed by atoms with Crippen molar-refractivity contribution in [2.45, 2.75) is 32.3 Å². The number of nitrogens with zero attached hydrogens (tertiary/aromatic N) is 3. The lowest BCUT2D eigenvalue weighted by atomic mass is 10.1. The van der Waals surface area contributed by atoms with Crippen molar-refractivity contribution in [3.63, 3.8) is 0 Å². The summed E-state index contributed by atoms with van der Waals surface area (Å²) < 4.78 is 5.23. The van der Waals surface area contributed by atoms with Gasteiger partial charge in [-0.05, 0) is 32.9 Å². The van der Waals surface area contributed by atoms with Crippen molar-refractivity contribution < 1.29 is 9.53 Å². The van der Waals surface area contributed by atoms with Crippen LogP contribution in [-0.4, -0.2) is 21.5 Å². The van der Waals surface area contributed by atoms with Crippen molar-refractivity contribution in [2.75, 3.05) is 0 Å². The molecule has 5 nitrogen and oxygen atoms in total. The van der Waals surface area contributed by atoms with Crippen LogP contribution in [0.25, 0.3) is 11.0 Å². The average molecular weight is 269 g/mol. The van der Waals surface area contributed by atoms with E-state index in [1.54, 1.807) is 26.8 Å². The molecule has 1 aromatic carbocycles. The lowest BCUT2D eigenvalue weighted by Crippen LogP contribution is -2.27. The number of carbonyl (C=O) groups is 1. The van der Waals surface area contributed by atoms with E-state index < -0.39 is 17.5 Å². The molecule has 1 heterocycles. The smallest absolute Gasteiger partial charge is 0.330 e. The first kappa shape index (κ1) is 13.9. The first-order chi connectivity index (χ1) is 9.40. The van der Waals surface area contributed by atoms with E-state index in [4.69, 9.17) is 4.74 Å². The molecule has 102 valence electrons. The lowest BCUT2D eigenvalue weighted by Gasteiger charge is -2.21. The quantitative estimate of drug-likeness (QED) is 0.783. The highest BCUT2D eigenvalue weighted by Gasteiger charge is 2.28. The molecule has 0 aliphatic carbocycles. The lowest BCUT2D eigenvalue weighted by molar-refractivity contribution is -0.155. The fourth-order valence-electron chi connectivity index (χ4n) is 1.71. The summed E-state index contributed by atoms with van der Waals surface area (Å²) in [5.41, 5.74) is 1.03. The van der Waals surface area contributed by atoms with Crippen LogP contribution in [0.2, 0.25) is 0 Å². The van der Waals surface area contributed by atoms with Gasteiger partial charge in [0.2, 0.25) is 0 Å². The summed E-state index contributed by atoms with van der Waals surface area (Å²) in [7, 11) is 0. The Kier molecular flexibility index (Phi) is 3.66. The molecule has 0 fully saturated rings. The van der Waals surface area contributed by atoms with Crippen LogP contribution < -0.4 is 0 Å². The third kappa shape index (κ3) is 3.09. The highest BCUT2D eigenvalue weighted by molar-refractivity contribution is 5.82. The number of rotatable bonds is 2. The van der Waals surface area contributed by atoms with E-state index in [1.165, 1.54) is 6.20 Å². The minimum absolute atomic E-state index is 0.306. The molecule has 2 rings (SSSR count). The van der Waals surface area contributed by atoms with E-state index in [1.807, 2.05) is 24.3 Å². The summed E-state index contributed by atoms with van der Waals surface area (Å²) in [5, 5.41) is 9.20. The molecule has 0 saturated heterocycles. The van der Waals surface area contributed by atoms with Gasteiger partial charge in [-0.1, -0.05) is 12.1 Å². The number of para-hydroxylation sites is 2. The van der Waals surface area contributed by atoms with Gasteiger partial charge in [0, 0.05) is 0 Å². The van der Waals surface area contributed by atoms with Gasteiger partial charge in [0.25, 0.3) is 0 Å². The maximum atomic E-state index is 12.0. The Labute approximate surface area is 117 Å². The van der Waals surface area contributed by atoms with Gasteiger partial charge in [-0.3, -0.25) is 9.78 Å². The average Bonchev–Trinajstić information content (AvgIpc) is 2.37. The fourth-order valence-corrected chi connectivity index (χ4v) is 1.71. The van der Waals surface area contributed by atoms with Crippen LogP contribution in [0.1, 0.15) is 32.4 Å². The van der Waals surface area contributed by atoms with E-state index in [0.29, 0.717) is 11.2 Å². The highest BCUT2D eigenvalue weighted by atomic mass is 16.6. The summed E-state index contributed by atoms with van der Waals surface area (Å²) in [6.45, 7) is 5.27. The SMILES string of the molecule is CC(C)(C)OC(=O)[C@@H](C#N)c1cnc2ccccc2n1. The number of carbonyl (C=O) groups excluding carboxylic acids is 1. The molecule has 2 aromatic rings. The molecule has 0 unspecified atom stereocenters. The van der Waals surface area contributed by atoms with Gasteiger partial charge in [0.1, 0.15) is 5.60 Å². The van der Waals surface area contributed by atoms with Gasteiger partial charge < -0.3 is 4.74 Å². The Hall–Kier alpha value is -2.48. The third-order valence-electron chi connectivity index (χ3n) is 2.53. The van der Waals surface area contributed by atoms with Crippen molar-refractivity contribution >= 4 is 17.0 Å². The van der Waals surface area contributed by atoms with Crippen molar-refractivity contribution in [2.24, 2.45) is 0 Å². The molecular weight excluding hydrogens is 254 g/mol. The van der Waals surface area contributed by atoms with Crippen molar-refractivity contribution in [3.8, 4) is 6.07 Å². The first-order valence-electron chi connectivity index (χ1n) is 6.25. The number of esters is 1. The van der Waals surface area contributed by atoms with Crippen LogP contribution in [0, 0.1) is 11.3 Å². The Morgan fingerprint density at radius 2 is 1.95 bits per heavy atom. The maximum absolute atomic E-state index is 12.0. The van der Waals surface area contributed by atoms with Gasteiger partial charge >= 0.3 is 5.97 Å². The second-order valence-electron chi connectivity index (χ2n) is 5.38. The number of nitriles is 1. The Morgan fingerprint density at radius 1 is 1.30 bits per heavy atom. The Balaban J connectivity index is 2.35. The number of fused-ring (bicyclic) bond motifs is 1. The predicted octanol–water partition coefficient (Wildman–Crippen LogP) is 2.58. The van der Waals surface area contributed by atoms with Gasteiger partial charge in [0.15, 0.2) is 5.92 Å². The van der Waals surface area contributed by atoms with Crippen LogP contribution in [0.5, 0.6) is 0 Å². The molecule has 0 aliphatic rings. The molecule has 0 N–H and O–H groups in total. The summed E-state index contributed by atoms with van der Waals surface area (Å²) in [5.74, 6) is -1.67. The maximum Gasteiger partial charge on any atom is 0.330 e. The molecule has 20 heavy (non-hydrogen) atoms. The van der Waals surface area contributed by atoms with E-state index in [9.17, 15) is 10.1 Å². The zero-order valence-corrected chi connectivity index (χ0v) is 11.6. The second-order valence-corrected chi connectivity index (χ2v) is 5.38. The fraction of sp³-hybridized carbons (Fsp3) is 0.333. The number of hydrogen-bond acceptors (Lipinski definition) is 5. The predicted molar refractivity (Wildman–Crippen MR) is 73.7 cm³/mol. The summed E-state index contributed by atoms with van der Waals surface area (Å²) in [4.78, 5) is 20.5. The highest BCUT2D eigenvalue weighted by Crippen LogP contribution is 2.20. The van der Waals surface area contributed by atoms with Crippen LogP contribution in [0.15, 0.2) is 30.5 Å². The molecule has 1 aromatic heterocycles. The van der Waals surface area contributed by atoms with Crippen molar-refractivity contribution in [3.05, 3.63) is 36.2 Å². The van der Waals surface area contributed by atoms with Crippen LogP contribution in [0.4, 0.5) is 0 Å². The van der Waals surface area contributed by atoms with Crippen LogP contribution >= 0.6 is 0 Å². The Morgan fingerprint density at radius 3 is 2.55 bits per heavy atom. The molecule has 0 spiro atoms. The Bertz CT molecular complexity index is 683. The minimum atomic E-state index is -1.06. The van der Waals surface area contributed by atoms with Gasteiger partial charge in [-0.2, -0.15) is 5.26 Å². The monoisotopic (exact) mass is 269 g/mol. The number of benzene rings is 1. The zero-order valence-electron chi connectivity index (χ0n) is 11.6. The normalized spacial score (nSPS) is 12.7. The standard InChI is InChI=1S/C15H15N3O2/c1-15(2,3)20-14(19)10(8-16)13-9-17-11-6-4-5-7-12(11)18-13/h4-7,9-10H,1-3H3/t10-/m0/s1.